The Morgan fingerprint density at radius 3 is 1.77 bits per heavy atom. The number of nitrogens with one attached hydrogen (secondary N) is 1. The number of para-hydroxylation sites is 1. The van der Waals surface area contributed by atoms with Crippen molar-refractivity contribution in [1.82, 2.24) is 4.98 Å². The van der Waals surface area contributed by atoms with E-state index in [9.17, 15) is 9.59 Å². The van der Waals surface area contributed by atoms with Crippen LogP contribution in [0.15, 0.2) is 47.6 Å². The first-order chi connectivity index (χ1) is 25.4. The Labute approximate surface area is 314 Å². The van der Waals surface area contributed by atoms with Gasteiger partial charge in [0, 0.05) is 5.56 Å². The topological polar surface area (TPSA) is 89.9 Å². The van der Waals surface area contributed by atoms with Crippen LogP contribution in [0.5, 0.6) is 11.5 Å². The first-order valence-electron chi connectivity index (χ1n) is 20.7. The molecule has 52 heavy (non-hydrogen) atoms. The number of hydrogen-bond acceptors (Lipinski definition) is 8. The summed E-state index contributed by atoms with van der Waals surface area (Å²) in [4.78, 5) is 31.6. The average Bonchev–Trinajstić information content (AvgIpc) is 3.62. The molecule has 1 heterocycles. The van der Waals surface area contributed by atoms with E-state index in [1.54, 1.807) is 24.4 Å². The van der Waals surface area contributed by atoms with Crippen LogP contribution in [0.2, 0.25) is 0 Å². The number of benzene rings is 2. The Kier molecular flexibility index (Phi) is 12.6. The molecule has 0 bridgehead atoms. The number of thiazole rings is 1. The van der Waals surface area contributed by atoms with Crippen LogP contribution in [0.4, 0.5) is 5.13 Å². The third-order valence-electron chi connectivity index (χ3n) is 13.5. The van der Waals surface area contributed by atoms with Crippen molar-refractivity contribution in [1.29, 1.82) is 0 Å². The van der Waals surface area contributed by atoms with Crippen LogP contribution < -0.4 is 14.9 Å². The molecule has 4 saturated carbocycles. The number of nitrogens with zero attached hydrogens (tertiary/aromatic N) is 2. The molecule has 7 nitrogen and oxygen atoms in total. The molecule has 7 rings (SSSR count). The van der Waals surface area contributed by atoms with Gasteiger partial charge >= 0.3 is 11.9 Å². The first kappa shape index (κ1) is 37.1. The summed E-state index contributed by atoms with van der Waals surface area (Å²) in [5, 5.41) is 5.15. The molecule has 1 aromatic heterocycles. The lowest BCUT2D eigenvalue weighted by Crippen LogP contribution is -2.30. The van der Waals surface area contributed by atoms with E-state index >= 15 is 0 Å². The maximum Gasteiger partial charge on any atom is 0.314 e. The molecule has 3 aromatic rings. The van der Waals surface area contributed by atoms with Gasteiger partial charge in [0.25, 0.3) is 0 Å². The van der Waals surface area contributed by atoms with Crippen LogP contribution in [0.3, 0.4) is 0 Å². The van der Waals surface area contributed by atoms with E-state index in [2.05, 4.69) is 29.4 Å². The lowest BCUT2D eigenvalue weighted by atomic mass is 9.69. The van der Waals surface area contributed by atoms with E-state index in [0.717, 1.165) is 97.1 Å². The smallest absolute Gasteiger partial charge is 0.314 e. The minimum atomic E-state index is -0.174. The summed E-state index contributed by atoms with van der Waals surface area (Å²) < 4.78 is 13.2. The number of carbonyl (C=O) groups is 2. The summed E-state index contributed by atoms with van der Waals surface area (Å²) in [5.41, 5.74) is 4.54. The fourth-order valence-corrected chi connectivity index (χ4v) is 10.9. The Bertz CT molecular complexity index is 1620. The summed E-state index contributed by atoms with van der Waals surface area (Å²) >= 11 is 1.52. The number of rotatable bonds is 11. The standard InChI is InChI=1S/C44H59N3O4S/c1-3-29-9-13-31(14-10-29)33-17-21-35(22-18-33)42(48)50-38-25-26-40(37(27-38)28-45-47-44-46-39-7-5-6-8-41(39)52-44)51-43(49)36-23-19-34(20-24-36)32-15-11-30(4-2)12-16-32/h5-8,25-36H,3-4,9-24H2,1-2H3,(H,46,47)/b45-28+/t29?,30?,31?,32?,33-,34-,35-,36-. The van der Waals surface area contributed by atoms with Gasteiger partial charge in [0.05, 0.1) is 28.3 Å². The van der Waals surface area contributed by atoms with Gasteiger partial charge in [-0.1, -0.05) is 75.8 Å². The number of hydrazone groups is 1. The predicted molar refractivity (Wildman–Crippen MR) is 211 cm³/mol. The highest BCUT2D eigenvalue weighted by atomic mass is 32.1. The van der Waals surface area contributed by atoms with Crippen molar-refractivity contribution < 1.29 is 19.1 Å². The second kappa shape index (κ2) is 17.7. The molecule has 0 radical (unpaired) electrons. The van der Waals surface area contributed by atoms with Gasteiger partial charge in [0.15, 0.2) is 0 Å². The number of fused-ring (bicyclic) bond motifs is 1. The molecule has 2 aromatic carbocycles. The molecule has 280 valence electrons. The van der Waals surface area contributed by atoms with Crippen molar-refractivity contribution in [2.75, 3.05) is 5.43 Å². The Hall–Kier alpha value is -3.26. The second-order valence-electron chi connectivity index (χ2n) is 16.5. The van der Waals surface area contributed by atoms with Crippen LogP contribution in [0.25, 0.3) is 10.2 Å². The Balaban J connectivity index is 0.976. The molecule has 0 saturated heterocycles. The van der Waals surface area contributed by atoms with Gasteiger partial charge < -0.3 is 9.47 Å². The third-order valence-corrected chi connectivity index (χ3v) is 14.5. The van der Waals surface area contributed by atoms with E-state index in [-0.39, 0.29) is 23.8 Å². The number of anilines is 1. The minimum absolute atomic E-state index is 0.0737. The minimum Gasteiger partial charge on any atom is -0.426 e. The lowest BCUT2D eigenvalue weighted by molar-refractivity contribution is -0.141. The summed E-state index contributed by atoms with van der Waals surface area (Å²) in [6.07, 6.45) is 23.2. The fraction of sp³-hybridized carbons (Fsp3) is 0.636. The number of hydrogen-bond donors (Lipinski definition) is 1. The van der Waals surface area contributed by atoms with E-state index in [4.69, 9.17) is 9.47 Å². The van der Waals surface area contributed by atoms with Gasteiger partial charge in [-0.05, 0) is 143 Å². The van der Waals surface area contributed by atoms with Crippen molar-refractivity contribution in [2.45, 2.75) is 129 Å². The van der Waals surface area contributed by atoms with Gasteiger partial charge in [-0.2, -0.15) is 5.10 Å². The first-order valence-corrected chi connectivity index (χ1v) is 21.5. The van der Waals surface area contributed by atoms with E-state index in [1.165, 1.54) is 75.5 Å². The molecular formula is C44H59N3O4S. The monoisotopic (exact) mass is 725 g/mol. The fourth-order valence-electron chi connectivity index (χ4n) is 10.0. The van der Waals surface area contributed by atoms with Crippen molar-refractivity contribution in [3.8, 4) is 11.5 Å². The van der Waals surface area contributed by atoms with Gasteiger partial charge in [0.2, 0.25) is 5.13 Å². The van der Waals surface area contributed by atoms with Crippen molar-refractivity contribution >= 4 is 44.8 Å². The maximum atomic E-state index is 13.5. The second-order valence-corrected chi connectivity index (χ2v) is 17.5. The summed E-state index contributed by atoms with van der Waals surface area (Å²) in [6, 6.07) is 13.2. The summed E-state index contributed by atoms with van der Waals surface area (Å²) in [7, 11) is 0. The van der Waals surface area contributed by atoms with Gasteiger partial charge in [-0.25, -0.2) is 4.98 Å². The highest BCUT2D eigenvalue weighted by Gasteiger charge is 2.35. The molecule has 0 atom stereocenters. The Morgan fingerprint density at radius 2 is 1.23 bits per heavy atom. The largest absolute Gasteiger partial charge is 0.426 e. The number of esters is 2. The predicted octanol–water partition coefficient (Wildman–Crippen LogP) is 11.6. The third kappa shape index (κ3) is 9.26. The van der Waals surface area contributed by atoms with Crippen LogP contribution in [0, 0.1) is 47.3 Å². The molecule has 0 spiro atoms. The molecule has 0 unspecified atom stereocenters. The van der Waals surface area contributed by atoms with Crippen molar-refractivity contribution in [3.63, 3.8) is 0 Å². The zero-order valence-electron chi connectivity index (χ0n) is 31.4. The van der Waals surface area contributed by atoms with Crippen molar-refractivity contribution in [2.24, 2.45) is 52.4 Å². The highest BCUT2D eigenvalue weighted by Crippen LogP contribution is 2.44. The highest BCUT2D eigenvalue weighted by molar-refractivity contribution is 7.22. The molecule has 4 fully saturated rings. The van der Waals surface area contributed by atoms with Crippen LogP contribution >= 0.6 is 11.3 Å². The van der Waals surface area contributed by atoms with Crippen molar-refractivity contribution in [3.05, 3.63) is 48.0 Å². The van der Waals surface area contributed by atoms with E-state index in [0.29, 0.717) is 22.2 Å². The number of aromatic nitrogens is 1. The molecule has 1 N–H and O–H groups in total. The van der Waals surface area contributed by atoms with Crippen LogP contribution in [0.1, 0.15) is 135 Å². The summed E-state index contributed by atoms with van der Waals surface area (Å²) in [5.74, 6) is 5.33. The van der Waals surface area contributed by atoms with Gasteiger partial charge in [0.1, 0.15) is 11.5 Å². The van der Waals surface area contributed by atoms with E-state index in [1.807, 2.05) is 24.3 Å². The lowest BCUT2D eigenvalue weighted by Gasteiger charge is -2.37. The van der Waals surface area contributed by atoms with E-state index < -0.39 is 0 Å². The number of ether oxygens (including phenoxy) is 2. The molecule has 0 aliphatic heterocycles. The quantitative estimate of drug-likeness (QED) is 0.0916. The molecule has 0 amide bonds. The molecule has 4 aliphatic carbocycles. The van der Waals surface area contributed by atoms with Gasteiger partial charge in [-0.15, -0.1) is 0 Å². The van der Waals surface area contributed by atoms with Gasteiger partial charge in [-0.3, -0.25) is 15.0 Å². The van der Waals surface area contributed by atoms with Crippen LogP contribution in [-0.4, -0.2) is 23.1 Å². The Morgan fingerprint density at radius 1 is 0.712 bits per heavy atom. The normalized spacial score (nSPS) is 29.9. The SMILES string of the molecule is CCC1CCC([C@H]2CC[C@H](C(=O)Oc3ccc(OC(=O)[C@H]4CC[C@H](C5CCC(CC)CC5)CC4)c(/C=N/Nc4nc5ccccc5s4)c3)CC2)CC1. The number of carbonyl (C=O) groups excluding carboxylic acids is 2. The zero-order valence-corrected chi connectivity index (χ0v) is 32.2. The maximum absolute atomic E-state index is 13.5. The average molecular weight is 726 g/mol. The summed E-state index contributed by atoms with van der Waals surface area (Å²) in [6.45, 7) is 4.64. The molecule has 4 aliphatic rings. The molecular weight excluding hydrogens is 667 g/mol. The zero-order chi connectivity index (χ0) is 35.9. The molecule has 8 heteroatoms. The van der Waals surface area contributed by atoms with Crippen LogP contribution in [-0.2, 0) is 9.59 Å².